The molecule has 8 heteroatoms. The number of hydrogen-bond donors (Lipinski definition) is 1. The zero-order valence-electron chi connectivity index (χ0n) is 15.0. The second kappa shape index (κ2) is 8.94. The Hall–Kier alpha value is -2.48. The number of rotatable bonds is 7. The molecule has 0 aliphatic heterocycles. The summed E-state index contributed by atoms with van der Waals surface area (Å²) in [7, 11) is -3.43. The van der Waals surface area contributed by atoms with E-state index in [9.17, 15) is 13.2 Å². The Morgan fingerprint density at radius 3 is 2.52 bits per heavy atom. The standard InChI is InChI=1S/C19H23N3O4S/c23-18(10-13-27(24,25)17-4-2-1-3-5-17)22-15-6-8-16(9-7-15)26-19-14-20-11-12-21-19/h1-5,11-12,14-16H,6-10,13H2,(H,22,23). The van der Waals surface area contributed by atoms with Crippen LogP contribution in [0.1, 0.15) is 32.1 Å². The third-order valence-corrected chi connectivity index (χ3v) is 6.30. The average molecular weight is 389 g/mol. The normalized spacial score (nSPS) is 20.0. The fraction of sp³-hybridized carbons (Fsp3) is 0.421. The highest BCUT2D eigenvalue weighted by Gasteiger charge is 2.24. The lowest BCUT2D eigenvalue weighted by atomic mass is 9.93. The number of carbonyl (C=O) groups is 1. The second-order valence-electron chi connectivity index (χ2n) is 6.58. The van der Waals surface area contributed by atoms with Crippen molar-refractivity contribution in [1.82, 2.24) is 15.3 Å². The van der Waals surface area contributed by atoms with Crippen molar-refractivity contribution in [1.29, 1.82) is 0 Å². The topological polar surface area (TPSA) is 98.2 Å². The molecular weight excluding hydrogens is 366 g/mol. The fourth-order valence-electron chi connectivity index (χ4n) is 3.11. The number of benzene rings is 1. The molecule has 1 amide bonds. The Kier molecular flexibility index (Phi) is 6.39. The molecule has 1 aliphatic rings. The maximum absolute atomic E-state index is 12.2. The van der Waals surface area contributed by atoms with E-state index in [1.165, 1.54) is 0 Å². The van der Waals surface area contributed by atoms with E-state index in [2.05, 4.69) is 15.3 Å². The number of sulfone groups is 1. The summed E-state index contributed by atoms with van der Waals surface area (Å²) in [4.78, 5) is 20.5. The summed E-state index contributed by atoms with van der Waals surface area (Å²) in [6.07, 6.45) is 8.00. The summed E-state index contributed by atoms with van der Waals surface area (Å²) in [5.74, 6) is 0.0949. The van der Waals surface area contributed by atoms with Gasteiger partial charge in [-0.25, -0.2) is 13.4 Å². The molecule has 0 spiro atoms. The first-order valence-corrected chi connectivity index (χ1v) is 10.7. The number of hydrogen-bond acceptors (Lipinski definition) is 6. The molecular formula is C19H23N3O4S. The summed E-state index contributed by atoms with van der Waals surface area (Å²) < 4.78 is 30.3. The number of carbonyl (C=O) groups excluding carboxylic acids is 1. The molecule has 2 aromatic rings. The lowest BCUT2D eigenvalue weighted by molar-refractivity contribution is -0.121. The summed E-state index contributed by atoms with van der Waals surface area (Å²) in [6, 6.07) is 8.26. The van der Waals surface area contributed by atoms with Crippen molar-refractivity contribution in [2.75, 3.05) is 5.75 Å². The van der Waals surface area contributed by atoms with Crippen LogP contribution in [-0.2, 0) is 14.6 Å². The van der Waals surface area contributed by atoms with Crippen LogP contribution < -0.4 is 10.1 Å². The van der Waals surface area contributed by atoms with Crippen molar-refractivity contribution in [3.63, 3.8) is 0 Å². The highest BCUT2D eigenvalue weighted by atomic mass is 32.2. The molecule has 1 heterocycles. The van der Waals surface area contributed by atoms with Gasteiger partial charge in [0.05, 0.1) is 16.8 Å². The van der Waals surface area contributed by atoms with Gasteiger partial charge in [0.1, 0.15) is 6.10 Å². The van der Waals surface area contributed by atoms with Gasteiger partial charge in [-0.3, -0.25) is 9.78 Å². The molecule has 1 N–H and O–H groups in total. The SMILES string of the molecule is O=C(CCS(=O)(=O)c1ccccc1)NC1CCC(Oc2cnccn2)CC1. The molecule has 1 aromatic heterocycles. The fourth-order valence-corrected chi connectivity index (χ4v) is 4.38. The average Bonchev–Trinajstić information content (AvgIpc) is 2.70. The van der Waals surface area contributed by atoms with Gasteiger partial charge in [-0.05, 0) is 37.8 Å². The van der Waals surface area contributed by atoms with E-state index >= 15 is 0 Å². The number of ether oxygens (including phenoxy) is 1. The minimum absolute atomic E-state index is 0.0345. The zero-order chi connectivity index (χ0) is 19.1. The van der Waals surface area contributed by atoms with Gasteiger partial charge in [0.2, 0.25) is 11.8 Å². The molecule has 1 fully saturated rings. The van der Waals surface area contributed by atoms with E-state index in [1.54, 1.807) is 48.9 Å². The van der Waals surface area contributed by atoms with Crippen molar-refractivity contribution >= 4 is 15.7 Å². The predicted molar refractivity (Wildman–Crippen MR) is 100.0 cm³/mol. The second-order valence-corrected chi connectivity index (χ2v) is 8.69. The van der Waals surface area contributed by atoms with Crippen LogP contribution in [0, 0.1) is 0 Å². The molecule has 0 atom stereocenters. The van der Waals surface area contributed by atoms with Crippen molar-refractivity contribution in [3.8, 4) is 5.88 Å². The molecule has 7 nitrogen and oxygen atoms in total. The quantitative estimate of drug-likeness (QED) is 0.779. The van der Waals surface area contributed by atoms with Crippen LogP contribution in [0.5, 0.6) is 5.88 Å². The molecule has 0 saturated heterocycles. The van der Waals surface area contributed by atoms with Gasteiger partial charge in [-0.1, -0.05) is 18.2 Å². The van der Waals surface area contributed by atoms with E-state index in [0.29, 0.717) is 5.88 Å². The van der Waals surface area contributed by atoms with Crippen molar-refractivity contribution in [2.45, 2.75) is 49.1 Å². The third-order valence-electron chi connectivity index (χ3n) is 4.57. The van der Waals surface area contributed by atoms with E-state index in [1.807, 2.05) is 0 Å². The van der Waals surface area contributed by atoms with Crippen LogP contribution in [0.2, 0.25) is 0 Å². The first-order valence-electron chi connectivity index (χ1n) is 9.03. The van der Waals surface area contributed by atoms with Gasteiger partial charge in [-0.2, -0.15) is 0 Å². The van der Waals surface area contributed by atoms with E-state index in [0.717, 1.165) is 25.7 Å². The molecule has 0 unspecified atom stereocenters. The lowest BCUT2D eigenvalue weighted by Gasteiger charge is -2.29. The Morgan fingerprint density at radius 1 is 1.11 bits per heavy atom. The van der Waals surface area contributed by atoms with E-state index in [4.69, 9.17) is 4.74 Å². The third kappa shape index (κ3) is 5.75. The summed E-state index contributed by atoms with van der Waals surface area (Å²) in [5, 5.41) is 2.94. The number of nitrogens with zero attached hydrogens (tertiary/aromatic N) is 2. The van der Waals surface area contributed by atoms with Crippen LogP contribution in [0.4, 0.5) is 0 Å². The van der Waals surface area contributed by atoms with Crippen LogP contribution in [-0.4, -0.2) is 42.2 Å². The van der Waals surface area contributed by atoms with Gasteiger partial charge >= 0.3 is 0 Å². The monoisotopic (exact) mass is 389 g/mol. The van der Waals surface area contributed by atoms with Gasteiger partial charge in [0, 0.05) is 24.9 Å². The molecule has 3 rings (SSSR count). The number of aromatic nitrogens is 2. The maximum Gasteiger partial charge on any atom is 0.232 e. The summed E-state index contributed by atoms with van der Waals surface area (Å²) >= 11 is 0. The number of nitrogens with one attached hydrogen (secondary N) is 1. The summed E-state index contributed by atoms with van der Waals surface area (Å²) in [5.41, 5.74) is 0. The highest BCUT2D eigenvalue weighted by Crippen LogP contribution is 2.22. The zero-order valence-corrected chi connectivity index (χ0v) is 15.8. The molecule has 27 heavy (non-hydrogen) atoms. The lowest BCUT2D eigenvalue weighted by Crippen LogP contribution is -2.40. The van der Waals surface area contributed by atoms with Gasteiger partial charge < -0.3 is 10.1 Å². The highest BCUT2D eigenvalue weighted by molar-refractivity contribution is 7.91. The largest absolute Gasteiger partial charge is 0.473 e. The molecule has 1 saturated carbocycles. The first-order chi connectivity index (χ1) is 13.0. The van der Waals surface area contributed by atoms with Crippen molar-refractivity contribution in [3.05, 3.63) is 48.9 Å². The molecule has 0 bridgehead atoms. The Labute approximate surface area is 159 Å². The van der Waals surface area contributed by atoms with E-state index in [-0.39, 0.29) is 35.1 Å². The van der Waals surface area contributed by atoms with Crippen molar-refractivity contribution in [2.24, 2.45) is 0 Å². The first kappa shape index (κ1) is 19.3. The van der Waals surface area contributed by atoms with Crippen LogP contribution in [0.25, 0.3) is 0 Å². The minimum atomic E-state index is -3.43. The van der Waals surface area contributed by atoms with E-state index < -0.39 is 9.84 Å². The Morgan fingerprint density at radius 2 is 1.85 bits per heavy atom. The van der Waals surface area contributed by atoms with Crippen molar-refractivity contribution < 1.29 is 17.9 Å². The van der Waals surface area contributed by atoms with Crippen LogP contribution >= 0.6 is 0 Å². The van der Waals surface area contributed by atoms with Gasteiger partial charge in [-0.15, -0.1) is 0 Å². The smallest absolute Gasteiger partial charge is 0.232 e. The molecule has 0 radical (unpaired) electrons. The summed E-state index contributed by atoms with van der Waals surface area (Å²) in [6.45, 7) is 0. The maximum atomic E-state index is 12.2. The van der Waals surface area contributed by atoms with Crippen LogP contribution in [0.3, 0.4) is 0 Å². The van der Waals surface area contributed by atoms with Gasteiger partial charge in [0.15, 0.2) is 9.84 Å². The van der Waals surface area contributed by atoms with Crippen LogP contribution in [0.15, 0.2) is 53.8 Å². The molecule has 144 valence electrons. The number of amides is 1. The Balaban J connectivity index is 1.41. The Bertz CT molecular complexity index is 836. The molecule has 1 aliphatic carbocycles. The molecule has 1 aromatic carbocycles. The predicted octanol–water partition coefficient (Wildman–Crippen LogP) is 2.15. The minimum Gasteiger partial charge on any atom is -0.473 e. The van der Waals surface area contributed by atoms with Gasteiger partial charge in [0.25, 0.3) is 0 Å².